The molecule has 2 N–H and O–H groups in total. The van der Waals surface area contributed by atoms with Crippen LogP contribution in [0.2, 0.25) is 0 Å². The molecule has 0 aliphatic heterocycles. The maximum absolute atomic E-state index is 12.8. The number of esters is 1. The van der Waals surface area contributed by atoms with Gasteiger partial charge in [0.25, 0.3) is 5.91 Å². The number of aromatic amines is 1. The van der Waals surface area contributed by atoms with Crippen molar-refractivity contribution in [3.8, 4) is 5.75 Å². The van der Waals surface area contributed by atoms with Crippen LogP contribution in [0, 0.1) is 20.8 Å². The number of hydrogen-bond acceptors (Lipinski definition) is 5. The Labute approximate surface area is 165 Å². The molecule has 0 fully saturated rings. The fraction of sp³-hybridized carbons (Fsp3) is 0.429. The van der Waals surface area contributed by atoms with Gasteiger partial charge in [-0.25, -0.2) is 4.79 Å². The molecule has 1 aromatic heterocycles. The quantitative estimate of drug-likeness (QED) is 0.504. The number of H-pyrrole nitrogens is 1. The van der Waals surface area contributed by atoms with Gasteiger partial charge in [0.2, 0.25) is 0 Å². The summed E-state index contributed by atoms with van der Waals surface area (Å²) in [6, 6.07) is 5.60. The van der Waals surface area contributed by atoms with Crippen LogP contribution < -0.4 is 10.1 Å². The number of amides is 1. The van der Waals surface area contributed by atoms with Crippen molar-refractivity contribution in [1.82, 2.24) is 4.98 Å². The van der Waals surface area contributed by atoms with Crippen LogP contribution >= 0.6 is 0 Å². The topological polar surface area (TPSA) is 89.7 Å². The summed E-state index contributed by atoms with van der Waals surface area (Å²) < 4.78 is 15.8. The lowest BCUT2D eigenvalue weighted by Crippen LogP contribution is -2.15. The van der Waals surface area contributed by atoms with Gasteiger partial charge in [-0.3, -0.25) is 4.79 Å². The van der Waals surface area contributed by atoms with E-state index in [1.807, 2.05) is 32.0 Å². The molecule has 1 heterocycles. The SMILES string of the molecule is CCCOc1cc(C)ccc1NC(=O)c1[nH]c(C)c(C(=O)OCCOC)c1C. The standard InChI is InChI=1S/C21H28N2O5/c1-6-9-27-17-12-13(2)7-8-16(17)23-20(24)19-14(3)18(15(4)22-19)21(25)28-11-10-26-5/h7-8,12,22H,6,9-11H2,1-5H3,(H,23,24). The summed E-state index contributed by atoms with van der Waals surface area (Å²) in [7, 11) is 1.53. The first-order chi connectivity index (χ1) is 13.4. The molecular weight excluding hydrogens is 360 g/mol. The number of carbonyl (C=O) groups excluding carboxylic acids is 2. The van der Waals surface area contributed by atoms with Gasteiger partial charge in [-0.1, -0.05) is 13.0 Å². The second-order valence-corrected chi connectivity index (χ2v) is 6.56. The Balaban J connectivity index is 2.22. The van der Waals surface area contributed by atoms with Crippen molar-refractivity contribution in [2.45, 2.75) is 34.1 Å². The highest BCUT2D eigenvalue weighted by Crippen LogP contribution is 2.27. The summed E-state index contributed by atoms with van der Waals surface area (Å²) in [6.07, 6.45) is 0.866. The van der Waals surface area contributed by atoms with Crippen molar-refractivity contribution >= 4 is 17.6 Å². The first-order valence-electron chi connectivity index (χ1n) is 9.29. The first-order valence-corrected chi connectivity index (χ1v) is 9.29. The Bertz CT molecular complexity index is 842. The van der Waals surface area contributed by atoms with Crippen molar-refractivity contribution in [2.75, 3.05) is 32.2 Å². The van der Waals surface area contributed by atoms with Crippen molar-refractivity contribution < 1.29 is 23.8 Å². The van der Waals surface area contributed by atoms with E-state index < -0.39 is 5.97 Å². The van der Waals surface area contributed by atoms with Crippen LogP contribution in [0.25, 0.3) is 0 Å². The van der Waals surface area contributed by atoms with E-state index in [1.54, 1.807) is 13.8 Å². The average molecular weight is 388 g/mol. The molecule has 0 aliphatic carbocycles. The van der Waals surface area contributed by atoms with E-state index in [2.05, 4.69) is 10.3 Å². The predicted molar refractivity (Wildman–Crippen MR) is 107 cm³/mol. The van der Waals surface area contributed by atoms with Crippen LogP contribution in [-0.2, 0) is 9.47 Å². The fourth-order valence-electron chi connectivity index (χ4n) is 2.82. The van der Waals surface area contributed by atoms with Crippen LogP contribution in [-0.4, -0.2) is 43.8 Å². The molecule has 0 unspecified atom stereocenters. The molecule has 0 aliphatic rings. The highest BCUT2D eigenvalue weighted by Gasteiger charge is 2.23. The maximum atomic E-state index is 12.8. The van der Waals surface area contributed by atoms with Crippen molar-refractivity contribution in [3.63, 3.8) is 0 Å². The smallest absolute Gasteiger partial charge is 0.340 e. The lowest BCUT2D eigenvalue weighted by molar-refractivity contribution is 0.0387. The normalized spacial score (nSPS) is 10.6. The Morgan fingerprint density at radius 2 is 1.86 bits per heavy atom. The van der Waals surface area contributed by atoms with Gasteiger partial charge in [0.05, 0.1) is 24.5 Å². The van der Waals surface area contributed by atoms with Crippen LogP contribution in [0.3, 0.4) is 0 Å². The number of anilines is 1. The molecule has 0 atom stereocenters. The molecule has 28 heavy (non-hydrogen) atoms. The molecule has 152 valence electrons. The third kappa shape index (κ3) is 5.13. The summed E-state index contributed by atoms with van der Waals surface area (Å²) in [4.78, 5) is 28.1. The summed E-state index contributed by atoms with van der Waals surface area (Å²) >= 11 is 0. The largest absolute Gasteiger partial charge is 0.491 e. The zero-order valence-corrected chi connectivity index (χ0v) is 17.1. The lowest BCUT2D eigenvalue weighted by Gasteiger charge is -2.13. The highest BCUT2D eigenvalue weighted by molar-refractivity contribution is 6.07. The van der Waals surface area contributed by atoms with Crippen LogP contribution in [0.15, 0.2) is 18.2 Å². The molecule has 2 aromatic rings. The van der Waals surface area contributed by atoms with Gasteiger partial charge in [-0.2, -0.15) is 0 Å². The number of nitrogens with one attached hydrogen (secondary N) is 2. The summed E-state index contributed by atoms with van der Waals surface area (Å²) in [5.74, 6) is -0.207. The molecule has 0 saturated heterocycles. The van der Waals surface area contributed by atoms with Crippen LogP contribution in [0.4, 0.5) is 5.69 Å². The van der Waals surface area contributed by atoms with Gasteiger partial charge in [0.15, 0.2) is 0 Å². The molecule has 2 rings (SSSR count). The highest BCUT2D eigenvalue weighted by atomic mass is 16.6. The molecule has 7 heteroatoms. The fourth-order valence-corrected chi connectivity index (χ4v) is 2.82. The molecule has 7 nitrogen and oxygen atoms in total. The minimum absolute atomic E-state index is 0.155. The molecule has 0 bridgehead atoms. The second kappa shape index (κ2) is 9.94. The molecule has 0 spiro atoms. The Morgan fingerprint density at radius 3 is 2.54 bits per heavy atom. The van der Waals surface area contributed by atoms with E-state index in [1.165, 1.54) is 7.11 Å². The Hall–Kier alpha value is -2.80. The summed E-state index contributed by atoms with van der Waals surface area (Å²) in [5.41, 5.74) is 3.43. The molecule has 1 aromatic carbocycles. The molecule has 1 amide bonds. The van der Waals surface area contributed by atoms with E-state index in [-0.39, 0.29) is 12.5 Å². The number of aryl methyl sites for hydroxylation is 2. The summed E-state index contributed by atoms with van der Waals surface area (Å²) in [6.45, 7) is 8.46. The Morgan fingerprint density at radius 1 is 1.11 bits per heavy atom. The van der Waals surface area contributed by atoms with E-state index in [0.717, 1.165) is 12.0 Å². The van der Waals surface area contributed by atoms with Crippen LogP contribution in [0.1, 0.15) is 51.0 Å². The number of ether oxygens (including phenoxy) is 3. The van der Waals surface area contributed by atoms with E-state index in [9.17, 15) is 9.59 Å². The summed E-state index contributed by atoms with van der Waals surface area (Å²) in [5, 5.41) is 2.87. The minimum Gasteiger partial charge on any atom is -0.491 e. The van der Waals surface area contributed by atoms with E-state index >= 15 is 0 Å². The van der Waals surface area contributed by atoms with Gasteiger partial charge in [0.1, 0.15) is 18.1 Å². The van der Waals surface area contributed by atoms with Crippen LogP contribution in [0.5, 0.6) is 5.75 Å². The third-order valence-corrected chi connectivity index (χ3v) is 4.24. The molecule has 0 saturated carbocycles. The number of methoxy groups -OCH3 is 1. The van der Waals surface area contributed by atoms with E-state index in [0.29, 0.717) is 47.2 Å². The number of carbonyl (C=O) groups is 2. The van der Waals surface area contributed by atoms with Gasteiger partial charge in [-0.05, 0) is 50.5 Å². The van der Waals surface area contributed by atoms with Gasteiger partial charge >= 0.3 is 5.97 Å². The number of benzene rings is 1. The van der Waals surface area contributed by atoms with E-state index in [4.69, 9.17) is 14.2 Å². The number of rotatable bonds is 9. The predicted octanol–water partition coefficient (Wildman–Crippen LogP) is 3.78. The zero-order valence-electron chi connectivity index (χ0n) is 17.1. The number of hydrogen-bond donors (Lipinski definition) is 2. The molecular formula is C21H28N2O5. The van der Waals surface area contributed by atoms with Gasteiger partial charge in [0, 0.05) is 12.8 Å². The Kier molecular flexibility index (Phi) is 7.63. The maximum Gasteiger partial charge on any atom is 0.340 e. The third-order valence-electron chi connectivity index (χ3n) is 4.24. The van der Waals surface area contributed by atoms with Crippen molar-refractivity contribution in [3.05, 3.63) is 46.3 Å². The van der Waals surface area contributed by atoms with Gasteiger partial charge < -0.3 is 24.5 Å². The lowest BCUT2D eigenvalue weighted by atomic mass is 10.1. The first kappa shape index (κ1) is 21.5. The van der Waals surface area contributed by atoms with Gasteiger partial charge in [-0.15, -0.1) is 0 Å². The average Bonchev–Trinajstić information content (AvgIpc) is 2.96. The number of aromatic nitrogens is 1. The monoisotopic (exact) mass is 388 g/mol. The second-order valence-electron chi connectivity index (χ2n) is 6.56. The molecule has 0 radical (unpaired) electrons. The zero-order chi connectivity index (χ0) is 20.7. The van der Waals surface area contributed by atoms with Crippen molar-refractivity contribution in [2.24, 2.45) is 0 Å². The minimum atomic E-state index is -0.482. The van der Waals surface area contributed by atoms with Crippen molar-refractivity contribution in [1.29, 1.82) is 0 Å².